The van der Waals surface area contributed by atoms with Gasteiger partial charge in [0, 0.05) is 12.6 Å². The minimum Gasteiger partial charge on any atom is -0.480 e. The summed E-state index contributed by atoms with van der Waals surface area (Å²) in [6.45, 7) is 1.98. The molecule has 0 aliphatic carbocycles. The van der Waals surface area contributed by atoms with E-state index in [1.54, 1.807) is 13.0 Å². The van der Waals surface area contributed by atoms with Crippen molar-refractivity contribution < 1.29 is 19.5 Å². The third-order valence-corrected chi connectivity index (χ3v) is 3.78. The van der Waals surface area contributed by atoms with Gasteiger partial charge in [-0.2, -0.15) is 0 Å². The highest BCUT2D eigenvalue weighted by molar-refractivity contribution is 5.96. The van der Waals surface area contributed by atoms with E-state index in [1.165, 1.54) is 11.0 Å². The molecule has 6 heteroatoms. The van der Waals surface area contributed by atoms with Crippen LogP contribution in [-0.4, -0.2) is 46.4 Å². The molecule has 6 nitrogen and oxygen atoms in total. The fraction of sp³-hybridized carbons (Fsp3) is 0.353. The molecule has 2 rings (SSSR count). The van der Waals surface area contributed by atoms with Crippen LogP contribution in [-0.2, 0) is 14.4 Å². The molecule has 1 aliphatic heterocycles. The number of rotatable bonds is 5. The molecule has 2 N–H and O–H groups in total. The molecule has 0 radical (unpaired) electrons. The average Bonchev–Trinajstić information content (AvgIpc) is 3.03. The second-order valence-electron chi connectivity index (χ2n) is 5.50. The van der Waals surface area contributed by atoms with Crippen molar-refractivity contribution in [2.24, 2.45) is 0 Å². The van der Waals surface area contributed by atoms with Crippen LogP contribution in [0.3, 0.4) is 0 Å². The fourth-order valence-corrected chi connectivity index (χ4v) is 2.60. The quantitative estimate of drug-likeness (QED) is 0.801. The molecule has 23 heavy (non-hydrogen) atoms. The number of carbonyl (C=O) groups excluding carboxylic acids is 2. The summed E-state index contributed by atoms with van der Waals surface area (Å²) in [6, 6.07) is 7.78. The lowest BCUT2D eigenvalue weighted by Gasteiger charge is -2.25. The van der Waals surface area contributed by atoms with Gasteiger partial charge in [-0.15, -0.1) is 0 Å². The number of likely N-dealkylation sites (tertiary alicyclic amines) is 1. The molecule has 1 aromatic carbocycles. The first-order valence-corrected chi connectivity index (χ1v) is 7.56. The fourth-order valence-electron chi connectivity index (χ4n) is 2.60. The molecule has 1 saturated heterocycles. The van der Waals surface area contributed by atoms with Crippen molar-refractivity contribution in [2.75, 3.05) is 6.54 Å². The smallest absolute Gasteiger partial charge is 0.326 e. The van der Waals surface area contributed by atoms with Crippen molar-refractivity contribution in [1.82, 2.24) is 10.2 Å². The zero-order valence-corrected chi connectivity index (χ0v) is 12.9. The Morgan fingerprint density at radius 2 is 2.00 bits per heavy atom. The second-order valence-corrected chi connectivity index (χ2v) is 5.50. The van der Waals surface area contributed by atoms with Gasteiger partial charge in [0.2, 0.25) is 11.8 Å². The third kappa shape index (κ3) is 4.42. The van der Waals surface area contributed by atoms with Gasteiger partial charge in [0.25, 0.3) is 0 Å². The van der Waals surface area contributed by atoms with Gasteiger partial charge < -0.3 is 15.3 Å². The van der Waals surface area contributed by atoms with Crippen LogP contribution in [0, 0.1) is 0 Å². The Bertz CT molecular complexity index is 612. The first-order chi connectivity index (χ1) is 11.0. The number of amides is 2. The van der Waals surface area contributed by atoms with Crippen LogP contribution in [0.4, 0.5) is 0 Å². The summed E-state index contributed by atoms with van der Waals surface area (Å²) >= 11 is 0. The third-order valence-electron chi connectivity index (χ3n) is 3.78. The van der Waals surface area contributed by atoms with Crippen molar-refractivity contribution in [3.63, 3.8) is 0 Å². The van der Waals surface area contributed by atoms with Gasteiger partial charge in [-0.25, -0.2) is 4.79 Å². The normalized spacial score (nSPS) is 18.8. The first kappa shape index (κ1) is 16.7. The Hall–Kier alpha value is -2.63. The molecule has 1 aromatic rings. The van der Waals surface area contributed by atoms with E-state index in [1.807, 2.05) is 30.3 Å². The van der Waals surface area contributed by atoms with E-state index in [0.717, 1.165) is 5.56 Å². The van der Waals surface area contributed by atoms with Crippen LogP contribution < -0.4 is 5.32 Å². The van der Waals surface area contributed by atoms with Crippen LogP contribution in [0.25, 0.3) is 6.08 Å². The van der Waals surface area contributed by atoms with Crippen molar-refractivity contribution >= 4 is 23.9 Å². The SMILES string of the molecule is C[C@H](NC(=O)/C=C/c1ccccc1)C(=O)N1CCC[C@H]1C(=O)O. The second kappa shape index (κ2) is 7.58. The average molecular weight is 316 g/mol. The molecular formula is C17H20N2O4. The molecule has 2 amide bonds. The Labute approximate surface area is 134 Å². The van der Waals surface area contributed by atoms with Crippen LogP contribution in [0.15, 0.2) is 36.4 Å². The monoisotopic (exact) mass is 316 g/mol. The number of hydrogen-bond donors (Lipinski definition) is 2. The van der Waals surface area contributed by atoms with Gasteiger partial charge in [-0.05, 0) is 31.4 Å². The molecule has 0 aromatic heterocycles. The van der Waals surface area contributed by atoms with Gasteiger partial charge in [0.1, 0.15) is 12.1 Å². The van der Waals surface area contributed by atoms with Crippen molar-refractivity contribution in [1.29, 1.82) is 0 Å². The maximum atomic E-state index is 12.3. The first-order valence-electron chi connectivity index (χ1n) is 7.56. The van der Waals surface area contributed by atoms with Gasteiger partial charge in [0.15, 0.2) is 0 Å². The summed E-state index contributed by atoms with van der Waals surface area (Å²) in [6.07, 6.45) is 4.13. The summed E-state index contributed by atoms with van der Waals surface area (Å²) in [4.78, 5) is 36.6. The summed E-state index contributed by atoms with van der Waals surface area (Å²) in [5.74, 6) is -1.75. The predicted octanol–water partition coefficient (Wildman–Crippen LogP) is 1.28. The summed E-state index contributed by atoms with van der Waals surface area (Å²) in [5.41, 5.74) is 0.882. The summed E-state index contributed by atoms with van der Waals surface area (Å²) in [7, 11) is 0. The highest BCUT2D eigenvalue weighted by Crippen LogP contribution is 2.18. The van der Waals surface area contributed by atoms with Gasteiger partial charge in [-0.1, -0.05) is 30.3 Å². The Kier molecular flexibility index (Phi) is 5.51. The van der Waals surface area contributed by atoms with E-state index in [4.69, 9.17) is 5.11 Å². The molecule has 1 heterocycles. The van der Waals surface area contributed by atoms with Gasteiger partial charge in [-0.3, -0.25) is 9.59 Å². The van der Waals surface area contributed by atoms with Crippen LogP contribution in [0.5, 0.6) is 0 Å². The molecule has 0 bridgehead atoms. The van der Waals surface area contributed by atoms with E-state index in [9.17, 15) is 14.4 Å². The number of nitrogens with one attached hydrogen (secondary N) is 1. The molecule has 122 valence electrons. The topological polar surface area (TPSA) is 86.7 Å². The minimum atomic E-state index is -1.00. The number of benzene rings is 1. The maximum absolute atomic E-state index is 12.3. The van der Waals surface area contributed by atoms with Gasteiger partial charge >= 0.3 is 5.97 Å². The summed E-state index contributed by atoms with van der Waals surface area (Å²) < 4.78 is 0. The molecule has 0 saturated carbocycles. The lowest BCUT2D eigenvalue weighted by molar-refractivity contribution is -0.149. The lowest BCUT2D eigenvalue weighted by atomic mass is 10.2. The predicted molar refractivity (Wildman–Crippen MR) is 85.5 cm³/mol. The minimum absolute atomic E-state index is 0.364. The van der Waals surface area contributed by atoms with E-state index in [2.05, 4.69) is 5.32 Å². The van der Waals surface area contributed by atoms with Crippen LogP contribution in [0.1, 0.15) is 25.3 Å². The van der Waals surface area contributed by atoms with Crippen molar-refractivity contribution in [3.05, 3.63) is 42.0 Å². The molecular weight excluding hydrogens is 296 g/mol. The Morgan fingerprint density at radius 1 is 1.30 bits per heavy atom. The zero-order valence-electron chi connectivity index (χ0n) is 12.9. The van der Waals surface area contributed by atoms with E-state index >= 15 is 0 Å². The molecule has 1 fully saturated rings. The molecule has 0 spiro atoms. The highest BCUT2D eigenvalue weighted by Gasteiger charge is 2.35. The molecule has 0 unspecified atom stereocenters. The molecule has 1 aliphatic rings. The number of carbonyl (C=O) groups is 3. The van der Waals surface area contributed by atoms with E-state index < -0.39 is 18.1 Å². The highest BCUT2D eigenvalue weighted by atomic mass is 16.4. The van der Waals surface area contributed by atoms with Gasteiger partial charge in [0.05, 0.1) is 0 Å². The maximum Gasteiger partial charge on any atom is 0.326 e. The van der Waals surface area contributed by atoms with Crippen LogP contribution in [0.2, 0.25) is 0 Å². The summed E-state index contributed by atoms with van der Waals surface area (Å²) in [5, 5.41) is 11.7. The number of carboxylic acids is 1. The Morgan fingerprint density at radius 3 is 2.65 bits per heavy atom. The lowest BCUT2D eigenvalue weighted by Crippen LogP contribution is -2.50. The molecule has 2 atom stereocenters. The van der Waals surface area contributed by atoms with Crippen LogP contribution >= 0.6 is 0 Å². The number of aliphatic carboxylic acids is 1. The van der Waals surface area contributed by atoms with E-state index in [0.29, 0.717) is 19.4 Å². The standard InChI is InChI=1S/C17H20N2O4/c1-12(16(21)19-11-5-8-14(19)17(22)23)18-15(20)10-9-13-6-3-2-4-7-13/h2-4,6-7,9-10,12,14H,5,8,11H2,1H3,(H,18,20)(H,22,23)/b10-9+/t12-,14-/m0/s1. The number of hydrogen-bond acceptors (Lipinski definition) is 3. The van der Waals surface area contributed by atoms with E-state index in [-0.39, 0.29) is 11.8 Å². The number of nitrogens with zero attached hydrogens (tertiary/aromatic N) is 1. The largest absolute Gasteiger partial charge is 0.480 e. The zero-order chi connectivity index (χ0) is 16.8. The Balaban J connectivity index is 1.91. The van der Waals surface area contributed by atoms with Crippen molar-refractivity contribution in [2.45, 2.75) is 31.8 Å². The number of carboxylic acid groups (broad SMARTS) is 1. The van der Waals surface area contributed by atoms with Crippen molar-refractivity contribution in [3.8, 4) is 0 Å².